The number of fused-ring (bicyclic) bond motifs is 2. The number of imidazole rings is 1. The van der Waals surface area contributed by atoms with Gasteiger partial charge in [-0.1, -0.05) is 6.07 Å². The van der Waals surface area contributed by atoms with Crippen LogP contribution in [-0.2, 0) is 0 Å². The summed E-state index contributed by atoms with van der Waals surface area (Å²) in [6, 6.07) is 14.0. The largest absolute Gasteiger partial charge is 0.368 e. The van der Waals surface area contributed by atoms with E-state index in [-0.39, 0.29) is 11.5 Å². The van der Waals surface area contributed by atoms with Crippen LogP contribution in [0.3, 0.4) is 0 Å². The summed E-state index contributed by atoms with van der Waals surface area (Å²) >= 11 is 1.77. The van der Waals surface area contributed by atoms with Gasteiger partial charge in [-0.2, -0.15) is 0 Å². The number of rotatable bonds is 4. The van der Waals surface area contributed by atoms with E-state index in [0.717, 1.165) is 31.7 Å². The average molecular weight is 392 g/mol. The Labute approximate surface area is 165 Å². The zero-order valence-corrected chi connectivity index (χ0v) is 16.1. The summed E-state index contributed by atoms with van der Waals surface area (Å²) in [4.78, 5) is 34.1. The molecule has 1 fully saturated rings. The maximum absolute atomic E-state index is 12.7. The minimum absolute atomic E-state index is 0.0809. The monoisotopic (exact) mass is 392 g/mol. The molecule has 2 N–H and O–H groups in total. The lowest BCUT2D eigenvalue weighted by Crippen LogP contribution is -2.48. The number of carbonyl (C=O) groups is 1. The first-order chi connectivity index (χ1) is 13.7. The molecule has 2 aromatic heterocycles. The molecule has 0 amide bonds. The van der Waals surface area contributed by atoms with Crippen molar-refractivity contribution in [2.45, 2.75) is 0 Å². The van der Waals surface area contributed by atoms with Crippen molar-refractivity contribution < 1.29 is 4.79 Å². The van der Waals surface area contributed by atoms with E-state index in [1.54, 1.807) is 29.5 Å². The van der Waals surface area contributed by atoms with Crippen molar-refractivity contribution in [3.05, 3.63) is 63.9 Å². The summed E-state index contributed by atoms with van der Waals surface area (Å²) in [5, 5.41) is 3.45. The molecule has 142 valence electrons. The number of anilines is 1. The number of thiophene rings is 1. The number of benzene rings is 2. The predicted molar refractivity (Wildman–Crippen MR) is 114 cm³/mol. The third kappa shape index (κ3) is 3.12. The van der Waals surface area contributed by atoms with Gasteiger partial charge in [-0.25, -0.2) is 4.79 Å². The third-order valence-corrected chi connectivity index (χ3v) is 6.27. The lowest BCUT2D eigenvalue weighted by molar-refractivity contribution is 0.0926. The minimum atomic E-state index is -0.253. The van der Waals surface area contributed by atoms with Gasteiger partial charge >= 0.3 is 5.69 Å². The summed E-state index contributed by atoms with van der Waals surface area (Å²) in [7, 11) is 0. The zero-order valence-electron chi connectivity index (χ0n) is 15.3. The fraction of sp³-hybridized carbons (Fsp3) is 0.238. The molecule has 1 aliphatic rings. The molecule has 7 heteroatoms. The molecule has 1 aliphatic heterocycles. The molecule has 5 rings (SSSR count). The number of carbonyl (C=O) groups excluding carboxylic acids is 1. The summed E-state index contributed by atoms with van der Waals surface area (Å²) in [6.45, 7) is 3.93. The van der Waals surface area contributed by atoms with E-state index in [0.29, 0.717) is 17.6 Å². The molecule has 1 saturated heterocycles. The SMILES string of the molecule is O=C(CN1CCN(c2cccc3sccc23)CC1)c1ccc2[nH]c(=O)[nH]c2c1. The second-order valence-corrected chi connectivity index (χ2v) is 8.08. The highest BCUT2D eigenvalue weighted by Crippen LogP contribution is 2.31. The molecule has 6 nitrogen and oxygen atoms in total. The fourth-order valence-electron chi connectivity index (χ4n) is 3.90. The minimum Gasteiger partial charge on any atom is -0.368 e. The van der Waals surface area contributed by atoms with Crippen LogP contribution >= 0.6 is 11.3 Å². The summed E-state index contributed by atoms with van der Waals surface area (Å²) in [5.41, 5.74) is 3.05. The highest BCUT2D eigenvalue weighted by molar-refractivity contribution is 7.17. The molecule has 0 aliphatic carbocycles. The van der Waals surface area contributed by atoms with Crippen LogP contribution in [-0.4, -0.2) is 53.4 Å². The van der Waals surface area contributed by atoms with Crippen molar-refractivity contribution >= 4 is 43.9 Å². The van der Waals surface area contributed by atoms with Crippen LogP contribution in [0, 0.1) is 0 Å². The normalized spacial score (nSPS) is 15.5. The number of hydrogen-bond acceptors (Lipinski definition) is 5. The molecule has 0 atom stereocenters. The molecular weight excluding hydrogens is 372 g/mol. The van der Waals surface area contributed by atoms with Crippen LogP contribution in [0.5, 0.6) is 0 Å². The number of piperazine rings is 1. The van der Waals surface area contributed by atoms with Crippen LogP contribution in [0.25, 0.3) is 21.1 Å². The molecule has 0 spiro atoms. The van der Waals surface area contributed by atoms with E-state index < -0.39 is 0 Å². The van der Waals surface area contributed by atoms with Crippen molar-refractivity contribution in [2.75, 3.05) is 37.6 Å². The number of H-pyrrole nitrogens is 2. The highest BCUT2D eigenvalue weighted by Gasteiger charge is 2.21. The Morgan fingerprint density at radius 2 is 1.82 bits per heavy atom. The Bertz CT molecular complexity index is 1210. The van der Waals surface area contributed by atoms with E-state index >= 15 is 0 Å². The molecule has 4 aromatic rings. The van der Waals surface area contributed by atoms with E-state index in [4.69, 9.17) is 0 Å². The first-order valence-electron chi connectivity index (χ1n) is 9.36. The maximum atomic E-state index is 12.7. The molecular formula is C21H20N4O2S. The van der Waals surface area contributed by atoms with Gasteiger partial charge in [0.25, 0.3) is 0 Å². The third-order valence-electron chi connectivity index (χ3n) is 5.39. The predicted octanol–water partition coefficient (Wildman–Crippen LogP) is 3.08. The lowest BCUT2D eigenvalue weighted by atomic mass is 10.1. The standard InChI is InChI=1S/C21H20N4O2S/c26-19(14-4-5-16-17(12-14)23-21(27)22-16)13-24-7-9-25(10-8-24)18-2-1-3-20-15(18)6-11-28-20/h1-6,11-12H,7-10,13H2,(H2,22,23,27). The van der Waals surface area contributed by atoms with Gasteiger partial charge in [0, 0.05) is 47.5 Å². The summed E-state index contributed by atoms with van der Waals surface area (Å²) < 4.78 is 1.31. The van der Waals surface area contributed by atoms with Crippen molar-refractivity contribution in [1.82, 2.24) is 14.9 Å². The lowest BCUT2D eigenvalue weighted by Gasteiger charge is -2.36. The highest BCUT2D eigenvalue weighted by atomic mass is 32.1. The van der Waals surface area contributed by atoms with Gasteiger partial charge in [0.15, 0.2) is 5.78 Å². The topological polar surface area (TPSA) is 72.2 Å². The Morgan fingerprint density at radius 3 is 2.68 bits per heavy atom. The number of hydrogen-bond donors (Lipinski definition) is 2. The Hall–Kier alpha value is -2.90. The molecule has 0 bridgehead atoms. The van der Waals surface area contributed by atoms with Gasteiger partial charge in [-0.05, 0) is 41.8 Å². The van der Waals surface area contributed by atoms with Gasteiger partial charge in [0.1, 0.15) is 0 Å². The van der Waals surface area contributed by atoms with Crippen LogP contribution in [0.4, 0.5) is 5.69 Å². The molecule has 0 radical (unpaired) electrons. The van der Waals surface area contributed by atoms with Crippen LogP contribution in [0.15, 0.2) is 52.6 Å². The van der Waals surface area contributed by atoms with E-state index in [1.165, 1.54) is 15.8 Å². The van der Waals surface area contributed by atoms with Crippen molar-refractivity contribution in [3.8, 4) is 0 Å². The molecule has 28 heavy (non-hydrogen) atoms. The average Bonchev–Trinajstić information content (AvgIpc) is 3.33. The number of nitrogens with zero attached hydrogens (tertiary/aromatic N) is 2. The van der Waals surface area contributed by atoms with Gasteiger partial charge in [0.2, 0.25) is 0 Å². The molecule has 2 aromatic carbocycles. The quantitative estimate of drug-likeness (QED) is 0.524. The second-order valence-electron chi connectivity index (χ2n) is 7.14. The summed E-state index contributed by atoms with van der Waals surface area (Å²) in [6.07, 6.45) is 0. The molecule has 0 saturated carbocycles. The fourth-order valence-corrected chi connectivity index (χ4v) is 4.71. The van der Waals surface area contributed by atoms with Gasteiger partial charge in [-0.3, -0.25) is 9.69 Å². The Morgan fingerprint density at radius 1 is 1.00 bits per heavy atom. The second kappa shape index (κ2) is 6.92. The maximum Gasteiger partial charge on any atom is 0.323 e. The van der Waals surface area contributed by atoms with Gasteiger partial charge in [-0.15, -0.1) is 11.3 Å². The molecule has 3 heterocycles. The van der Waals surface area contributed by atoms with Crippen LogP contribution < -0.4 is 10.6 Å². The first kappa shape index (κ1) is 17.2. The Balaban J connectivity index is 1.26. The van der Waals surface area contributed by atoms with Crippen LogP contribution in [0.1, 0.15) is 10.4 Å². The van der Waals surface area contributed by atoms with E-state index in [1.807, 2.05) is 0 Å². The van der Waals surface area contributed by atoms with E-state index in [9.17, 15) is 9.59 Å². The Kier molecular flexibility index (Phi) is 4.26. The van der Waals surface area contributed by atoms with Crippen molar-refractivity contribution in [3.63, 3.8) is 0 Å². The van der Waals surface area contributed by atoms with Gasteiger partial charge < -0.3 is 14.9 Å². The number of nitrogens with one attached hydrogen (secondary N) is 2. The van der Waals surface area contributed by atoms with Crippen molar-refractivity contribution in [1.29, 1.82) is 0 Å². The van der Waals surface area contributed by atoms with Crippen LogP contribution in [0.2, 0.25) is 0 Å². The number of aromatic nitrogens is 2. The number of aromatic amines is 2. The summed E-state index contributed by atoms with van der Waals surface area (Å²) in [5.74, 6) is 0.0809. The van der Waals surface area contributed by atoms with Crippen molar-refractivity contribution in [2.24, 2.45) is 0 Å². The number of ketones is 1. The number of Topliss-reactive ketones (excluding diaryl/α,β-unsaturated/α-hetero) is 1. The van der Waals surface area contributed by atoms with E-state index in [2.05, 4.69) is 49.4 Å². The van der Waals surface area contributed by atoms with Gasteiger partial charge in [0.05, 0.1) is 17.6 Å². The smallest absolute Gasteiger partial charge is 0.323 e. The molecule has 0 unspecified atom stereocenters. The zero-order chi connectivity index (χ0) is 19.1. The first-order valence-corrected chi connectivity index (χ1v) is 10.2.